The molecule has 0 bridgehead atoms. The third kappa shape index (κ3) is 6.00. The predicted octanol–water partition coefficient (Wildman–Crippen LogP) is 4.33. The second kappa shape index (κ2) is 11.4. The Balaban J connectivity index is 0.00000160. The molecule has 2 aromatic rings. The molecule has 1 amide bonds. The van der Waals surface area contributed by atoms with E-state index in [-0.39, 0.29) is 30.7 Å². The zero-order valence-electron chi connectivity index (χ0n) is 17.1. The SMILES string of the molecule is CC(CC(=O)Nc1cccc(-c2ccc3c(c2)OCCO3)n1)C1CCNCC1.Cl.Cl. The molecule has 2 aliphatic heterocycles. The summed E-state index contributed by atoms with van der Waals surface area (Å²) in [6, 6.07) is 11.5. The second-order valence-electron chi connectivity index (χ2n) is 7.58. The number of aromatic nitrogens is 1. The van der Waals surface area contributed by atoms with Gasteiger partial charge in [-0.25, -0.2) is 4.98 Å². The van der Waals surface area contributed by atoms with Crippen molar-refractivity contribution in [3.8, 4) is 22.8 Å². The number of ether oxygens (including phenoxy) is 2. The first-order valence-corrected chi connectivity index (χ1v) is 10.1. The fourth-order valence-corrected chi connectivity index (χ4v) is 3.93. The molecule has 6 nitrogen and oxygen atoms in total. The minimum Gasteiger partial charge on any atom is -0.486 e. The molecule has 2 N–H and O–H groups in total. The third-order valence-corrected chi connectivity index (χ3v) is 5.55. The van der Waals surface area contributed by atoms with Gasteiger partial charge in [0.25, 0.3) is 0 Å². The van der Waals surface area contributed by atoms with Crippen LogP contribution in [0.2, 0.25) is 0 Å². The summed E-state index contributed by atoms with van der Waals surface area (Å²) in [6.07, 6.45) is 2.82. The third-order valence-electron chi connectivity index (χ3n) is 5.55. The van der Waals surface area contributed by atoms with Gasteiger partial charge < -0.3 is 20.1 Å². The normalized spacial score (nSPS) is 16.6. The van der Waals surface area contributed by atoms with Crippen LogP contribution in [0.5, 0.6) is 11.5 Å². The number of pyridine rings is 1. The summed E-state index contributed by atoms with van der Waals surface area (Å²) in [5.41, 5.74) is 1.73. The van der Waals surface area contributed by atoms with Gasteiger partial charge in [-0.2, -0.15) is 0 Å². The highest BCUT2D eigenvalue weighted by atomic mass is 35.5. The van der Waals surface area contributed by atoms with E-state index in [9.17, 15) is 4.79 Å². The Bertz CT molecular complexity index is 844. The van der Waals surface area contributed by atoms with Gasteiger partial charge in [0.1, 0.15) is 19.0 Å². The van der Waals surface area contributed by atoms with E-state index in [1.54, 1.807) is 0 Å². The van der Waals surface area contributed by atoms with E-state index >= 15 is 0 Å². The average Bonchev–Trinajstić information content (AvgIpc) is 2.74. The number of halogens is 2. The van der Waals surface area contributed by atoms with Crippen molar-refractivity contribution in [3.05, 3.63) is 36.4 Å². The molecule has 1 unspecified atom stereocenters. The lowest BCUT2D eigenvalue weighted by molar-refractivity contribution is -0.117. The van der Waals surface area contributed by atoms with Crippen LogP contribution < -0.4 is 20.1 Å². The number of piperidine rings is 1. The summed E-state index contributed by atoms with van der Waals surface area (Å²) in [5, 5.41) is 6.34. The van der Waals surface area contributed by atoms with Gasteiger partial charge in [0.05, 0.1) is 5.69 Å². The maximum absolute atomic E-state index is 12.5. The number of nitrogens with zero attached hydrogens (tertiary/aromatic N) is 1. The second-order valence-corrected chi connectivity index (χ2v) is 7.58. The molecule has 0 saturated carbocycles. The minimum atomic E-state index is 0. The Morgan fingerprint density at radius 3 is 2.63 bits per heavy atom. The van der Waals surface area contributed by atoms with Gasteiger partial charge in [-0.1, -0.05) is 13.0 Å². The molecule has 3 heterocycles. The quantitative estimate of drug-likeness (QED) is 0.704. The van der Waals surface area contributed by atoms with Crippen molar-refractivity contribution in [1.82, 2.24) is 10.3 Å². The Morgan fingerprint density at radius 1 is 1.13 bits per heavy atom. The topological polar surface area (TPSA) is 72.5 Å². The lowest BCUT2D eigenvalue weighted by Crippen LogP contribution is -2.32. The van der Waals surface area contributed by atoms with Crippen molar-refractivity contribution in [1.29, 1.82) is 0 Å². The summed E-state index contributed by atoms with van der Waals surface area (Å²) in [4.78, 5) is 17.1. The van der Waals surface area contributed by atoms with Crippen LogP contribution in [-0.2, 0) is 4.79 Å². The lowest BCUT2D eigenvalue weighted by atomic mass is 9.84. The molecule has 2 aliphatic rings. The van der Waals surface area contributed by atoms with E-state index in [1.165, 1.54) is 0 Å². The highest BCUT2D eigenvalue weighted by Crippen LogP contribution is 2.34. The van der Waals surface area contributed by atoms with E-state index in [1.807, 2.05) is 36.4 Å². The van der Waals surface area contributed by atoms with Gasteiger partial charge in [-0.3, -0.25) is 4.79 Å². The molecular formula is C22H29Cl2N3O3. The van der Waals surface area contributed by atoms with E-state index in [2.05, 4.69) is 22.5 Å². The van der Waals surface area contributed by atoms with Crippen molar-refractivity contribution in [2.24, 2.45) is 11.8 Å². The van der Waals surface area contributed by atoms with E-state index in [0.717, 1.165) is 48.7 Å². The monoisotopic (exact) mass is 453 g/mol. The zero-order chi connectivity index (χ0) is 19.3. The van der Waals surface area contributed by atoms with Crippen LogP contribution in [0.1, 0.15) is 26.2 Å². The van der Waals surface area contributed by atoms with Crippen molar-refractivity contribution < 1.29 is 14.3 Å². The molecule has 1 saturated heterocycles. The zero-order valence-corrected chi connectivity index (χ0v) is 18.7. The summed E-state index contributed by atoms with van der Waals surface area (Å²) in [7, 11) is 0. The van der Waals surface area contributed by atoms with Crippen molar-refractivity contribution in [3.63, 3.8) is 0 Å². The van der Waals surface area contributed by atoms with E-state index < -0.39 is 0 Å². The van der Waals surface area contributed by atoms with Gasteiger partial charge in [0.2, 0.25) is 5.91 Å². The highest BCUT2D eigenvalue weighted by Gasteiger charge is 2.22. The molecule has 0 radical (unpaired) electrons. The molecule has 30 heavy (non-hydrogen) atoms. The first kappa shape index (κ1) is 24.3. The minimum absolute atomic E-state index is 0. The fraction of sp³-hybridized carbons (Fsp3) is 0.455. The van der Waals surface area contributed by atoms with Crippen LogP contribution >= 0.6 is 24.8 Å². The predicted molar refractivity (Wildman–Crippen MR) is 123 cm³/mol. The average molecular weight is 454 g/mol. The number of carbonyl (C=O) groups excluding carboxylic acids is 1. The number of anilines is 1. The number of rotatable bonds is 5. The largest absolute Gasteiger partial charge is 0.486 e. The molecule has 8 heteroatoms. The first-order chi connectivity index (χ1) is 13.7. The standard InChI is InChI=1S/C22H27N3O3.2ClH/c1-15(16-7-9-23-10-8-16)13-22(26)25-21-4-2-3-18(24-21)17-5-6-19-20(14-17)28-12-11-27-19;;/h2-6,14-16,23H,7-13H2,1H3,(H,24,25,26);2*1H. The van der Waals surface area contributed by atoms with Crippen LogP contribution in [0.4, 0.5) is 5.82 Å². The smallest absolute Gasteiger partial charge is 0.225 e. The van der Waals surface area contributed by atoms with Crippen LogP contribution in [0.15, 0.2) is 36.4 Å². The number of hydrogen-bond acceptors (Lipinski definition) is 5. The Morgan fingerprint density at radius 2 is 1.87 bits per heavy atom. The number of hydrogen-bond donors (Lipinski definition) is 2. The molecular weight excluding hydrogens is 425 g/mol. The Labute approximate surface area is 190 Å². The summed E-state index contributed by atoms with van der Waals surface area (Å²) >= 11 is 0. The van der Waals surface area contributed by atoms with Crippen molar-refractivity contribution in [2.75, 3.05) is 31.6 Å². The van der Waals surface area contributed by atoms with Crippen LogP contribution in [0.25, 0.3) is 11.3 Å². The summed E-state index contributed by atoms with van der Waals surface area (Å²) in [5.74, 6) is 3.09. The van der Waals surface area contributed by atoms with Gasteiger partial charge >= 0.3 is 0 Å². The van der Waals surface area contributed by atoms with Gasteiger partial charge in [-0.15, -0.1) is 24.8 Å². The molecule has 0 spiro atoms. The first-order valence-electron chi connectivity index (χ1n) is 10.1. The maximum atomic E-state index is 12.5. The Hall–Kier alpha value is -2.02. The summed E-state index contributed by atoms with van der Waals surface area (Å²) < 4.78 is 11.2. The van der Waals surface area contributed by atoms with Crippen molar-refractivity contribution in [2.45, 2.75) is 26.2 Å². The number of benzene rings is 1. The molecule has 164 valence electrons. The molecule has 1 aromatic carbocycles. The van der Waals surface area contributed by atoms with Gasteiger partial charge in [-0.05, 0) is 68.1 Å². The number of fused-ring (bicyclic) bond motifs is 1. The van der Waals surface area contributed by atoms with Crippen molar-refractivity contribution >= 4 is 36.5 Å². The molecule has 1 aromatic heterocycles. The van der Waals surface area contributed by atoms with E-state index in [4.69, 9.17) is 9.47 Å². The maximum Gasteiger partial charge on any atom is 0.225 e. The molecule has 1 fully saturated rings. The fourth-order valence-electron chi connectivity index (χ4n) is 3.93. The lowest BCUT2D eigenvalue weighted by Gasteiger charge is -2.27. The van der Waals surface area contributed by atoms with Crippen LogP contribution in [-0.4, -0.2) is 37.2 Å². The summed E-state index contributed by atoms with van der Waals surface area (Å²) in [6.45, 7) is 5.40. The molecule has 0 aliphatic carbocycles. The van der Waals surface area contributed by atoms with Crippen LogP contribution in [0.3, 0.4) is 0 Å². The molecule has 1 atom stereocenters. The van der Waals surface area contributed by atoms with E-state index in [0.29, 0.717) is 37.3 Å². The Kier molecular flexibility index (Phi) is 9.21. The van der Waals surface area contributed by atoms with Gasteiger partial charge in [0, 0.05) is 12.0 Å². The number of nitrogens with one attached hydrogen (secondary N) is 2. The number of amides is 1. The highest BCUT2D eigenvalue weighted by molar-refractivity contribution is 5.90. The molecule has 4 rings (SSSR count). The van der Waals surface area contributed by atoms with Gasteiger partial charge in [0.15, 0.2) is 11.5 Å². The number of carbonyl (C=O) groups is 1. The van der Waals surface area contributed by atoms with Crippen LogP contribution in [0, 0.1) is 11.8 Å².